The molecule has 0 aromatic heterocycles. The standard InChI is InChI=1S/C12H13N3O4/c1-8(16)14-15-12(17)7-19-10-4-3-9(6-13)5-11(10)18-2/h3-5H,7H2,1-2H3,(H,14,16)(H,15,17). The molecule has 0 heterocycles. The number of nitrogens with zero attached hydrogens (tertiary/aromatic N) is 1. The van der Waals surface area contributed by atoms with Crippen molar-refractivity contribution < 1.29 is 19.1 Å². The van der Waals surface area contributed by atoms with Crippen LogP contribution in [0.2, 0.25) is 0 Å². The van der Waals surface area contributed by atoms with Gasteiger partial charge in [0, 0.05) is 13.0 Å². The van der Waals surface area contributed by atoms with Gasteiger partial charge in [-0.25, -0.2) is 0 Å². The van der Waals surface area contributed by atoms with E-state index in [2.05, 4.69) is 10.9 Å². The van der Waals surface area contributed by atoms with Gasteiger partial charge in [0.25, 0.3) is 5.91 Å². The Morgan fingerprint density at radius 3 is 2.63 bits per heavy atom. The molecule has 7 nitrogen and oxygen atoms in total. The van der Waals surface area contributed by atoms with E-state index in [1.54, 1.807) is 6.07 Å². The van der Waals surface area contributed by atoms with Crippen molar-refractivity contribution in [2.45, 2.75) is 6.92 Å². The van der Waals surface area contributed by atoms with E-state index >= 15 is 0 Å². The first-order valence-electron chi connectivity index (χ1n) is 5.33. The number of amides is 2. The van der Waals surface area contributed by atoms with Gasteiger partial charge in [0.15, 0.2) is 18.1 Å². The number of ether oxygens (including phenoxy) is 2. The third-order valence-electron chi connectivity index (χ3n) is 2.03. The molecule has 0 atom stereocenters. The molecule has 7 heteroatoms. The summed E-state index contributed by atoms with van der Waals surface area (Å²) >= 11 is 0. The SMILES string of the molecule is COc1cc(C#N)ccc1OCC(=O)NNC(C)=O. The number of nitriles is 1. The van der Waals surface area contributed by atoms with Gasteiger partial charge in [-0.05, 0) is 12.1 Å². The molecule has 0 saturated heterocycles. The zero-order valence-electron chi connectivity index (χ0n) is 10.5. The van der Waals surface area contributed by atoms with Gasteiger partial charge >= 0.3 is 0 Å². The van der Waals surface area contributed by atoms with Crippen molar-refractivity contribution in [3.8, 4) is 17.6 Å². The highest BCUT2D eigenvalue weighted by atomic mass is 16.5. The predicted molar refractivity (Wildman–Crippen MR) is 65.2 cm³/mol. The molecule has 0 unspecified atom stereocenters. The van der Waals surface area contributed by atoms with Crippen LogP contribution in [0.15, 0.2) is 18.2 Å². The van der Waals surface area contributed by atoms with Crippen molar-refractivity contribution in [1.29, 1.82) is 5.26 Å². The number of benzene rings is 1. The quantitative estimate of drug-likeness (QED) is 0.751. The molecule has 2 N–H and O–H groups in total. The Bertz CT molecular complexity index is 522. The van der Waals surface area contributed by atoms with Crippen molar-refractivity contribution in [3.63, 3.8) is 0 Å². The van der Waals surface area contributed by atoms with Crippen LogP contribution >= 0.6 is 0 Å². The van der Waals surface area contributed by atoms with Crippen LogP contribution in [-0.2, 0) is 9.59 Å². The van der Waals surface area contributed by atoms with E-state index < -0.39 is 5.91 Å². The highest BCUT2D eigenvalue weighted by Gasteiger charge is 2.08. The minimum atomic E-state index is -0.512. The zero-order chi connectivity index (χ0) is 14.3. The maximum atomic E-state index is 11.3. The summed E-state index contributed by atoms with van der Waals surface area (Å²) in [6.07, 6.45) is 0. The Morgan fingerprint density at radius 2 is 2.05 bits per heavy atom. The number of hydrogen-bond donors (Lipinski definition) is 2. The third kappa shape index (κ3) is 4.55. The molecule has 0 aliphatic rings. The number of rotatable bonds is 4. The van der Waals surface area contributed by atoms with Crippen LogP contribution in [-0.4, -0.2) is 25.5 Å². The predicted octanol–water partition coefficient (Wildman–Crippen LogP) is 0.113. The molecule has 100 valence electrons. The van der Waals surface area contributed by atoms with Crippen LogP contribution in [0.25, 0.3) is 0 Å². The third-order valence-corrected chi connectivity index (χ3v) is 2.03. The van der Waals surface area contributed by atoms with E-state index in [9.17, 15) is 9.59 Å². The van der Waals surface area contributed by atoms with Gasteiger partial charge in [0.1, 0.15) is 0 Å². The Kier molecular flexibility index (Phi) is 5.17. The van der Waals surface area contributed by atoms with Crippen LogP contribution in [0.1, 0.15) is 12.5 Å². The normalized spacial score (nSPS) is 9.11. The maximum Gasteiger partial charge on any atom is 0.276 e. The van der Waals surface area contributed by atoms with Gasteiger partial charge in [-0.3, -0.25) is 20.4 Å². The van der Waals surface area contributed by atoms with Gasteiger partial charge in [0.2, 0.25) is 5.91 Å². The van der Waals surface area contributed by atoms with Gasteiger partial charge in [0.05, 0.1) is 18.7 Å². The molecular weight excluding hydrogens is 250 g/mol. The number of methoxy groups -OCH3 is 1. The second-order valence-corrected chi connectivity index (χ2v) is 3.50. The summed E-state index contributed by atoms with van der Waals surface area (Å²) in [5, 5.41) is 8.74. The minimum Gasteiger partial charge on any atom is -0.493 e. The van der Waals surface area contributed by atoms with Crippen LogP contribution in [0.5, 0.6) is 11.5 Å². The Hall–Kier alpha value is -2.75. The Morgan fingerprint density at radius 1 is 1.32 bits per heavy atom. The topological polar surface area (TPSA) is 100 Å². The number of hydrazine groups is 1. The van der Waals surface area contributed by atoms with E-state index in [0.29, 0.717) is 17.1 Å². The van der Waals surface area contributed by atoms with Crippen LogP contribution in [0.3, 0.4) is 0 Å². The summed E-state index contributed by atoms with van der Waals surface area (Å²) in [5.74, 6) is -0.211. The average molecular weight is 263 g/mol. The molecule has 1 rings (SSSR count). The monoisotopic (exact) mass is 263 g/mol. The molecule has 0 bridgehead atoms. The first-order valence-corrected chi connectivity index (χ1v) is 5.33. The Balaban J connectivity index is 2.60. The average Bonchev–Trinajstić information content (AvgIpc) is 2.42. The lowest BCUT2D eigenvalue weighted by molar-refractivity contribution is -0.129. The van der Waals surface area contributed by atoms with Crippen molar-refractivity contribution in [3.05, 3.63) is 23.8 Å². The number of carbonyl (C=O) groups is 2. The molecule has 0 fully saturated rings. The molecule has 0 radical (unpaired) electrons. The second-order valence-electron chi connectivity index (χ2n) is 3.50. The van der Waals surface area contributed by atoms with E-state index in [4.69, 9.17) is 14.7 Å². The van der Waals surface area contributed by atoms with E-state index in [-0.39, 0.29) is 12.5 Å². The largest absolute Gasteiger partial charge is 0.493 e. The first kappa shape index (κ1) is 14.3. The summed E-state index contributed by atoms with van der Waals surface area (Å²) in [6.45, 7) is 0.979. The van der Waals surface area contributed by atoms with Gasteiger partial charge in [-0.15, -0.1) is 0 Å². The fourth-order valence-corrected chi connectivity index (χ4v) is 1.19. The Labute approximate surface area is 110 Å². The zero-order valence-corrected chi connectivity index (χ0v) is 10.5. The highest BCUT2D eigenvalue weighted by Crippen LogP contribution is 2.27. The van der Waals surface area contributed by atoms with E-state index in [1.807, 2.05) is 6.07 Å². The van der Waals surface area contributed by atoms with Gasteiger partial charge in [-0.2, -0.15) is 5.26 Å². The highest BCUT2D eigenvalue weighted by molar-refractivity contribution is 5.81. The van der Waals surface area contributed by atoms with Crippen molar-refractivity contribution in [2.24, 2.45) is 0 Å². The summed E-state index contributed by atoms with van der Waals surface area (Å²) in [5.41, 5.74) is 4.71. The van der Waals surface area contributed by atoms with Crippen LogP contribution in [0, 0.1) is 11.3 Å². The molecule has 0 spiro atoms. The lowest BCUT2D eigenvalue weighted by atomic mass is 10.2. The van der Waals surface area contributed by atoms with E-state index in [1.165, 1.54) is 26.2 Å². The smallest absolute Gasteiger partial charge is 0.276 e. The van der Waals surface area contributed by atoms with Gasteiger partial charge in [-0.1, -0.05) is 0 Å². The molecule has 0 aliphatic carbocycles. The number of carbonyl (C=O) groups excluding carboxylic acids is 2. The van der Waals surface area contributed by atoms with Crippen LogP contribution in [0.4, 0.5) is 0 Å². The van der Waals surface area contributed by atoms with Crippen molar-refractivity contribution in [1.82, 2.24) is 10.9 Å². The van der Waals surface area contributed by atoms with Crippen LogP contribution < -0.4 is 20.3 Å². The molecule has 19 heavy (non-hydrogen) atoms. The minimum absolute atomic E-state index is 0.289. The fourth-order valence-electron chi connectivity index (χ4n) is 1.19. The molecule has 1 aromatic rings. The van der Waals surface area contributed by atoms with Crippen molar-refractivity contribution >= 4 is 11.8 Å². The number of hydrogen-bond acceptors (Lipinski definition) is 5. The lowest BCUT2D eigenvalue weighted by Crippen LogP contribution is -2.42. The lowest BCUT2D eigenvalue weighted by Gasteiger charge is -2.10. The molecule has 1 aromatic carbocycles. The molecule has 2 amide bonds. The van der Waals surface area contributed by atoms with Gasteiger partial charge < -0.3 is 9.47 Å². The summed E-state index contributed by atoms with van der Waals surface area (Å²) in [4.78, 5) is 21.9. The summed E-state index contributed by atoms with van der Waals surface area (Å²) in [6, 6.07) is 6.54. The maximum absolute atomic E-state index is 11.3. The van der Waals surface area contributed by atoms with Crippen molar-refractivity contribution in [2.75, 3.05) is 13.7 Å². The second kappa shape index (κ2) is 6.86. The first-order chi connectivity index (χ1) is 9.06. The van der Waals surface area contributed by atoms with E-state index in [0.717, 1.165) is 0 Å². The summed E-state index contributed by atoms with van der Waals surface area (Å²) < 4.78 is 10.3. The summed E-state index contributed by atoms with van der Waals surface area (Å²) in [7, 11) is 1.43. The fraction of sp³-hybridized carbons (Fsp3) is 0.250. The molecular formula is C12H13N3O4. The molecule has 0 aliphatic heterocycles. The molecule has 0 saturated carbocycles. The number of nitrogens with one attached hydrogen (secondary N) is 2.